The molecule has 0 spiro atoms. The molecule has 1 N–H and O–H groups in total. The highest BCUT2D eigenvalue weighted by Gasteiger charge is 2.10. The first-order chi connectivity index (χ1) is 9.24. The number of aliphatic carboxylic acids is 1. The fourth-order valence-electron chi connectivity index (χ4n) is 2.43. The van der Waals surface area contributed by atoms with E-state index in [0.717, 1.165) is 23.7 Å². The first-order valence-corrected chi connectivity index (χ1v) is 7.99. The Labute approximate surface area is 118 Å². The van der Waals surface area contributed by atoms with Crippen molar-refractivity contribution in [3.8, 4) is 0 Å². The van der Waals surface area contributed by atoms with E-state index >= 15 is 0 Å². The predicted octanol–water partition coefficient (Wildman–Crippen LogP) is 2.58. The van der Waals surface area contributed by atoms with Gasteiger partial charge in [-0.3, -0.25) is 4.79 Å². The summed E-state index contributed by atoms with van der Waals surface area (Å²) >= 11 is 1.66. The van der Waals surface area contributed by atoms with Crippen LogP contribution in [0.2, 0.25) is 0 Å². The summed E-state index contributed by atoms with van der Waals surface area (Å²) < 4.78 is 0. The minimum atomic E-state index is -0.751. The van der Waals surface area contributed by atoms with Crippen LogP contribution in [0.5, 0.6) is 0 Å². The largest absolute Gasteiger partial charge is 0.481 e. The van der Waals surface area contributed by atoms with Crippen molar-refractivity contribution in [2.45, 2.75) is 44.9 Å². The highest BCUT2D eigenvalue weighted by molar-refractivity contribution is 7.09. The molecule has 1 fully saturated rings. The molecule has 0 atom stereocenters. The van der Waals surface area contributed by atoms with Crippen LogP contribution in [0.3, 0.4) is 0 Å². The number of thiazole rings is 1. The Morgan fingerprint density at radius 3 is 2.68 bits per heavy atom. The van der Waals surface area contributed by atoms with Crippen LogP contribution in [-0.4, -0.2) is 40.6 Å². The monoisotopic (exact) mass is 282 g/mol. The average molecular weight is 282 g/mol. The first kappa shape index (κ1) is 14.5. The Balaban J connectivity index is 1.74. The molecule has 0 unspecified atom stereocenters. The minimum absolute atomic E-state index is 0.176. The number of hydrogen-bond donors (Lipinski definition) is 1. The summed E-state index contributed by atoms with van der Waals surface area (Å²) in [6.07, 6.45) is 7.10. The maximum atomic E-state index is 10.5. The van der Waals surface area contributed by atoms with E-state index in [4.69, 9.17) is 5.11 Å². The van der Waals surface area contributed by atoms with Gasteiger partial charge in [-0.15, -0.1) is 11.3 Å². The standard InChI is InChI=1S/C14H22N2O2S/c17-14(18)6-5-12-11-19-13(15-12)7-10-16-8-3-1-2-4-9-16/h11H,1-10H2,(H,17,18). The molecule has 2 heterocycles. The molecule has 0 amide bonds. The van der Waals surface area contributed by atoms with E-state index in [2.05, 4.69) is 9.88 Å². The van der Waals surface area contributed by atoms with Gasteiger partial charge in [0.25, 0.3) is 0 Å². The number of rotatable bonds is 6. The SMILES string of the molecule is O=C(O)CCc1csc(CCN2CCCCCC2)n1. The molecule has 0 aliphatic carbocycles. The van der Waals surface area contributed by atoms with Crippen molar-refractivity contribution in [1.82, 2.24) is 9.88 Å². The van der Waals surface area contributed by atoms with Crippen LogP contribution in [-0.2, 0) is 17.6 Å². The Kier molecular flexibility index (Phi) is 5.79. The van der Waals surface area contributed by atoms with Gasteiger partial charge in [0.15, 0.2) is 0 Å². The van der Waals surface area contributed by atoms with Crippen molar-refractivity contribution in [1.29, 1.82) is 0 Å². The highest BCUT2D eigenvalue weighted by atomic mass is 32.1. The fourth-order valence-corrected chi connectivity index (χ4v) is 3.25. The number of likely N-dealkylation sites (tertiary alicyclic amines) is 1. The molecule has 0 radical (unpaired) electrons. The highest BCUT2D eigenvalue weighted by Crippen LogP contribution is 2.14. The number of carboxylic acid groups (broad SMARTS) is 1. The summed E-state index contributed by atoms with van der Waals surface area (Å²) in [5, 5.41) is 11.8. The maximum absolute atomic E-state index is 10.5. The van der Waals surface area contributed by atoms with E-state index in [1.807, 2.05) is 5.38 Å². The van der Waals surface area contributed by atoms with Crippen LogP contribution in [0.4, 0.5) is 0 Å². The lowest BCUT2D eigenvalue weighted by Crippen LogP contribution is -2.26. The normalized spacial score (nSPS) is 17.3. The number of aromatic nitrogens is 1. The lowest BCUT2D eigenvalue weighted by Gasteiger charge is -2.18. The van der Waals surface area contributed by atoms with Crippen LogP contribution < -0.4 is 0 Å². The molecule has 1 aliphatic heterocycles. The lowest BCUT2D eigenvalue weighted by atomic mass is 10.2. The van der Waals surface area contributed by atoms with Crippen molar-refractivity contribution >= 4 is 17.3 Å². The van der Waals surface area contributed by atoms with E-state index < -0.39 is 5.97 Å². The summed E-state index contributed by atoms with van der Waals surface area (Å²) in [4.78, 5) is 17.6. The van der Waals surface area contributed by atoms with Gasteiger partial charge in [0, 0.05) is 24.8 Å². The number of carbonyl (C=O) groups is 1. The van der Waals surface area contributed by atoms with Crippen molar-refractivity contribution in [2.75, 3.05) is 19.6 Å². The number of aryl methyl sites for hydroxylation is 1. The molecular weight excluding hydrogens is 260 g/mol. The number of nitrogens with zero attached hydrogens (tertiary/aromatic N) is 2. The zero-order valence-electron chi connectivity index (χ0n) is 11.3. The van der Waals surface area contributed by atoms with Crippen LogP contribution in [0.25, 0.3) is 0 Å². The quantitative estimate of drug-likeness (QED) is 0.871. The number of carboxylic acids is 1. The molecule has 19 heavy (non-hydrogen) atoms. The Morgan fingerprint density at radius 2 is 2.00 bits per heavy atom. The van der Waals surface area contributed by atoms with Crippen molar-refractivity contribution in [3.05, 3.63) is 16.1 Å². The van der Waals surface area contributed by atoms with Gasteiger partial charge in [-0.25, -0.2) is 4.98 Å². The van der Waals surface area contributed by atoms with Crippen LogP contribution in [0.15, 0.2) is 5.38 Å². The van der Waals surface area contributed by atoms with Crippen LogP contribution in [0, 0.1) is 0 Å². The second kappa shape index (κ2) is 7.60. The minimum Gasteiger partial charge on any atom is -0.481 e. The summed E-state index contributed by atoms with van der Waals surface area (Å²) in [6, 6.07) is 0. The van der Waals surface area contributed by atoms with Gasteiger partial charge in [0.2, 0.25) is 0 Å². The van der Waals surface area contributed by atoms with Crippen molar-refractivity contribution in [2.24, 2.45) is 0 Å². The Morgan fingerprint density at radius 1 is 1.26 bits per heavy atom. The van der Waals surface area contributed by atoms with E-state index in [1.54, 1.807) is 11.3 Å². The van der Waals surface area contributed by atoms with Crippen molar-refractivity contribution < 1.29 is 9.90 Å². The van der Waals surface area contributed by atoms with Crippen molar-refractivity contribution in [3.63, 3.8) is 0 Å². The smallest absolute Gasteiger partial charge is 0.303 e. The molecule has 4 nitrogen and oxygen atoms in total. The zero-order chi connectivity index (χ0) is 13.5. The first-order valence-electron chi connectivity index (χ1n) is 7.11. The van der Waals surface area contributed by atoms with Gasteiger partial charge in [-0.1, -0.05) is 12.8 Å². The molecule has 1 saturated heterocycles. The summed E-state index contributed by atoms with van der Waals surface area (Å²) in [5.41, 5.74) is 0.929. The molecular formula is C14H22N2O2S. The molecule has 1 aromatic rings. The zero-order valence-corrected chi connectivity index (χ0v) is 12.1. The van der Waals surface area contributed by atoms with E-state index in [9.17, 15) is 4.79 Å². The average Bonchev–Trinajstić information content (AvgIpc) is 2.68. The molecule has 2 rings (SSSR count). The number of hydrogen-bond acceptors (Lipinski definition) is 4. The van der Waals surface area contributed by atoms with E-state index in [-0.39, 0.29) is 6.42 Å². The van der Waals surface area contributed by atoms with E-state index in [0.29, 0.717) is 6.42 Å². The van der Waals surface area contributed by atoms with Gasteiger partial charge >= 0.3 is 5.97 Å². The second-order valence-electron chi connectivity index (χ2n) is 5.13. The third-order valence-electron chi connectivity index (χ3n) is 3.53. The lowest BCUT2D eigenvalue weighted by molar-refractivity contribution is -0.136. The topological polar surface area (TPSA) is 53.4 Å². The molecule has 1 aliphatic rings. The van der Waals surface area contributed by atoms with Gasteiger partial charge in [0.1, 0.15) is 0 Å². The third-order valence-corrected chi connectivity index (χ3v) is 4.49. The fraction of sp³-hybridized carbons (Fsp3) is 0.714. The molecule has 106 valence electrons. The molecule has 1 aromatic heterocycles. The summed E-state index contributed by atoms with van der Waals surface area (Å²) in [6.45, 7) is 3.53. The summed E-state index contributed by atoms with van der Waals surface area (Å²) in [7, 11) is 0. The Hall–Kier alpha value is -0.940. The molecule has 0 saturated carbocycles. The van der Waals surface area contributed by atoms with Gasteiger partial charge < -0.3 is 10.0 Å². The summed E-state index contributed by atoms with van der Waals surface area (Å²) in [5.74, 6) is -0.751. The maximum Gasteiger partial charge on any atom is 0.303 e. The van der Waals surface area contributed by atoms with Crippen LogP contribution in [0.1, 0.15) is 42.8 Å². The second-order valence-corrected chi connectivity index (χ2v) is 6.07. The van der Waals surface area contributed by atoms with Gasteiger partial charge in [-0.2, -0.15) is 0 Å². The molecule has 5 heteroatoms. The van der Waals surface area contributed by atoms with E-state index in [1.165, 1.54) is 38.8 Å². The van der Waals surface area contributed by atoms with Crippen LogP contribution >= 0.6 is 11.3 Å². The Bertz CT molecular complexity index is 398. The molecule has 0 aromatic carbocycles. The predicted molar refractivity (Wildman–Crippen MR) is 76.7 cm³/mol. The van der Waals surface area contributed by atoms with Gasteiger partial charge in [0.05, 0.1) is 17.1 Å². The van der Waals surface area contributed by atoms with Gasteiger partial charge in [-0.05, 0) is 25.9 Å². The molecule has 0 bridgehead atoms. The third kappa shape index (κ3) is 5.28.